The van der Waals surface area contributed by atoms with Crippen molar-refractivity contribution in [2.45, 2.75) is 38.8 Å². The van der Waals surface area contributed by atoms with E-state index in [0.717, 1.165) is 35.5 Å². The van der Waals surface area contributed by atoms with Crippen LogP contribution in [0.1, 0.15) is 40.0 Å². The summed E-state index contributed by atoms with van der Waals surface area (Å²) in [6, 6.07) is 18.4. The van der Waals surface area contributed by atoms with Crippen LogP contribution in [0.3, 0.4) is 0 Å². The van der Waals surface area contributed by atoms with Gasteiger partial charge in [0.15, 0.2) is 0 Å². The average Bonchev–Trinajstić information content (AvgIpc) is 3.19. The van der Waals surface area contributed by atoms with Crippen LogP contribution >= 0.6 is 23.2 Å². The van der Waals surface area contributed by atoms with Gasteiger partial charge in [-0.25, -0.2) is 13.5 Å². The number of halogens is 4. The Hall–Kier alpha value is -3.46. The smallest absolute Gasteiger partial charge is 0.276 e. The molecule has 42 heavy (non-hydrogen) atoms. The molecule has 5 rings (SSSR count). The molecule has 3 aromatic carbocycles. The minimum atomic E-state index is -0.858. The number of carbonyl (C=O) groups excluding carboxylic acids is 1. The van der Waals surface area contributed by atoms with Crippen molar-refractivity contribution in [3.05, 3.63) is 121 Å². The predicted molar refractivity (Wildman–Crippen MR) is 162 cm³/mol. The molecule has 1 aliphatic heterocycles. The third kappa shape index (κ3) is 6.31. The van der Waals surface area contributed by atoms with Gasteiger partial charge in [-0.2, -0.15) is 0 Å². The second kappa shape index (κ2) is 12.8. The zero-order valence-electron chi connectivity index (χ0n) is 23.5. The lowest BCUT2D eigenvalue weighted by Crippen LogP contribution is -2.47. The van der Waals surface area contributed by atoms with E-state index in [-0.39, 0.29) is 11.6 Å². The number of benzene rings is 3. The van der Waals surface area contributed by atoms with Crippen LogP contribution in [-0.4, -0.2) is 50.7 Å². The van der Waals surface area contributed by atoms with Gasteiger partial charge in [0.2, 0.25) is 0 Å². The van der Waals surface area contributed by atoms with Crippen molar-refractivity contribution in [1.82, 2.24) is 19.2 Å². The first-order valence-electron chi connectivity index (χ1n) is 13.9. The molecule has 10 heteroatoms. The van der Waals surface area contributed by atoms with Crippen LogP contribution in [0, 0.1) is 18.6 Å². The SMILES string of the molecule is Cc1c(CN(CCc2ccc(Cl)cc2)C2CCN(C(=O)c3c(F)cccc3F)CC2)c(=O)n(-c2ccc(Cl)cc2)n1C. The third-order valence-corrected chi connectivity index (χ3v) is 8.65. The molecule has 6 nitrogen and oxygen atoms in total. The molecular formula is C32H32Cl2F2N4O2. The molecule has 2 heterocycles. The van der Waals surface area contributed by atoms with Crippen LogP contribution in [-0.2, 0) is 20.0 Å². The minimum Gasteiger partial charge on any atom is -0.338 e. The van der Waals surface area contributed by atoms with E-state index in [1.807, 2.05) is 55.1 Å². The fraction of sp³-hybridized carbons (Fsp3) is 0.312. The average molecular weight is 614 g/mol. The molecule has 1 amide bonds. The van der Waals surface area contributed by atoms with E-state index < -0.39 is 23.1 Å². The number of rotatable bonds is 8. The Labute approximate surface area is 253 Å². The molecule has 1 aliphatic rings. The van der Waals surface area contributed by atoms with E-state index in [4.69, 9.17) is 23.2 Å². The molecule has 0 aliphatic carbocycles. The maximum Gasteiger partial charge on any atom is 0.276 e. The second-order valence-electron chi connectivity index (χ2n) is 10.6. The Morgan fingerprint density at radius 3 is 2.10 bits per heavy atom. The summed E-state index contributed by atoms with van der Waals surface area (Å²) in [5.74, 6) is -2.35. The molecule has 0 bridgehead atoms. The number of hydrogen-bond donors (Lipinski definition) is 0. The molecular weight excluding hydrogens is 581 g/mol. The molecule has 0 N–H and O–H groups in total. The van der Waals surface area contributed by atoms with Gasteiger partial charge in [-0.3, -0.25) is 19.2 Å². The summed E-state index contributed by atoms with van der Waals surface area (Å²) in [5, 5.41) is 1.26. The summed E-state index contributed by atoms with van der Waals surface area (Å²) in [4.78, 5) is 30.5. The van der Waals surface area contributed by atoms with Crippen LogP contribution < -0.4 is 5.56 Å². The van der Waals surface area contributed by atoms with Crippen molar-refractivity contribution in [2.75, 3.05) is 19.6 Å². The molecule has 0 saturated carbocycles. The van der Waals surface area contributed by atoms with Gasteiger partial charge in [0.05, 0.1) is 11.3 Å². The summed E-state index contributed by atoms with van der Waals surface area (Å²) in [6.45, 7) is 3.75. The number of likely N-dealkylation sites (tertiary alicyclic amines) is 1. The predicted octanol–water partition coefficient (Wildman–Crippen LogP) is 6.42. The molecule has 1 saturated heterocycles. The van der Waals surface area contributed by atoms with Gasteiger partial charge in [-0.1, -0.05) is 41.4 Å². The van der Waals surface area contributed by atoms with Gasteiger partial charge in [0.25, 0.3) is 11.5 Å². The highest BCUT2D eigenvalue weighted by Gasteiger charge is 2.31. The minimum absolute atomic E-state index is 0.0646. The maximum atomic E-state index is 14.3. The highest BCUT2D eigenvalue weighted by atomic mass is 35.5. The zero-order valence-corrected chi connectivity index (χ0v) is 25.0. The summed E-state index contributed by atoms with van der Waals surface area (Å²) >= 11 is 12.2. The number of aromatic nitrogens is 2. The number of piperidine rings is 1. The van der Waals surface area contributed by atoms with E-state index in [9.17, 15) is 18.4 Å². The standard InChI is InChI=1S/C32H32Cl2F2N4O2/c1-21-27(31(41)40(37(21)2)26-12-10-24(34)11-13-26)20-39(17-14-22-6-8-23(33)9-7-22)25-15-18-38(19-16-25)32(42)30-28(35)4-3-5-29(30)36/h3-13,25H,14-20H2,1-2H3. The van der Waals surface area contributed by atoms with Gasteiger partial charge in [0, 0.05) is 55.0 Å². The molecule has 0 radical (unpaired) electrons. The second-order valence-corrected chi connectivity index (χ2v) is 11.5. The van der Waals surface area contributed by atoms with Crippen LogP contribution in [0.2, 0.25) is 10.0 Å². The Bertz CT molecular complexity index is 1610. The van der Waals surface area contributed by atoms with Crippen molar-refractivity contribution in [1.29, 1.82) is 0 Å². The van der Waals surface area contributed by atoms with Gasteiger partial charge in [0.1, 0.15) is 17.2 Å². The number of carbonyl (C=O) groups is 1. The van der Waals surface area contributed by atoms with Crippen LogP contribution in [0.25, 0.3) is 5.69 Å². The summed E-state index contributed by atoms with van der Waals surface area (Å²) in [7, 11) is 1.86. The molecule has 220 valence electrons. The Balaban J connectivity index is 1.38. The van der Waals surface area contributed by atoms with Gasteiger partial charge >= 0.3 is 0 Å². The van der Waals surface area contributed by atoms with E-state index in [1.54, 1.807) is 16.8 Å². The fourth-order valence-electron chi connectivity index (χ4n) is 5.63. The van der Waals surface area contributed by atoms with Crippen LogP contribution in [0.4, 0.5) is 8.78 Å². The first-order valence-corrected chi connectivity index (χ1v) is 14.6. The van der Waals surface area contributed by atoms with Crippen LogP contribution in [0.15, 0.2) is 71.5 Å². The fourth-order valence-corrected chi connectivity index (χ4v) is 5.88. The molecule has 0 unspecified atom stereocenters. The van der Waals surface area contributed by atoms with Crippen LogP contribution in [0.5, 0.6) is 0 Å². The number of amides is 1. The monoisotopic (exact) mass is 612 g/mol. The first kappa shape index (κ1) is 30.0. The molecule has 4 aromatic rings. The lowest BCUT2D eigenvalue weighted by atomic mass is 10.00. The van der Waals surface area contributed by atoms with Crippen molar-refractivity contribution >= 4 is 29.1 Å². The maximum absolute atomic E-state index is 14.3. The number of hydrogen-bond acceptors (Lipinski definition) is 3. The lowest BCUT2D eigenvalue weighted by molar-refractivity contribution is 0.0599. The van der Waals surface area contributed by atoms with Gasteiger partial charge in [-0.05, 0) is 80.3 Å². The highest BCUT2D eigenvalue weighted by Crippen LogP contribution is 2.24. The Morgan fingerprint density at radius 2 is 1.50 bits per heavy atom. The van der Waals surface area contributed by atoms with Crippen molar-refractivity contribution in [2.24, 2.45) is 7.05 Å². The Kier molecular flexibility index (Phi) is 9.16. The zero-order chi connectivity index (χ0) is 30.0. The first-order chi connectivity index (χ1) is 20.1. The van der Waals surface area contributed by atoms with E-state index >= 15 is 0 Å². The highest BCUT2D eigenvalue weighted by molar-refractivity contribution is 6.30. The molecule has 0 atom stereocenters. The van der Waals surface area contributed by atoms with E-state index in [0.29, 0.717) is 54.6 Å². The summed E-state index contributed by atoms with van der Waals surface area (Å²) < 4.78 is 32.1. The topological polar surface area (TPSA) is 50.5 Å². The van der Waals surface area contributed by atoms with E-state index in [2.05, 4.69) is 4.90 Å². The normalized spacial score (nSPS) is 14.1. The quantitative estimate of drug-likeness (QED) is 0.231. The Morgan fingerprint density at radius 1 is 0.929 bits per heavy atom. The van der Waals surface area contributed by atoms with Crippen molar-refractivity contribution in [3.63, 3.8) is 0 Å². The van der Waals surface area contributed by atoms with Crippen molar-refractivity contribution in [3.8, 4) is 5.69 Å². The molecule has 1 fully saturated rings. The summed E-state index contributed by atoms with van der Waals surface area (Å²) in [6.07, 6.45) is 1.97. The molecule has 0 spiro atoms. The van der Waals surface area contributed by atoms with E-state index in [1.165, 1.54) is 11.0 Å². The van der Waals surface area contributed by atoms with Gasteiger partial charge < -0.3 is 4.90 Å². The largest absolute Gasteiger partial charge is 0.338 e. The third-order valence-electron chi connectivity index (χ3n) is 8.15. The van der Waals surface area contributed by atoms with Gasteiger partial charge in [-0.15, -0.1) is 0 Å². The summed E-state index contributed by atoms with van der Waals surface area (Å²) in [5.41, 5.74) is 2.77. The number of nitrogens with zero attached hydrogens (tertiary/aromatic N) is 4. The lowest BCUT2D eigenvalue weighted by Gasteiger charge is -2.38. The molecule has 1 aromatic heterocycles. The van der Waals surface area contributed by atoms with Crippen molar-refractivity contribution < 1.29 is 13.6 Å².